The van der Waals surface area contributed by atoms with Gasteiger partial charge in [0.1, 0.15) is 5.82 Å². The number of morpholine rings is 1. The molecule has 0 spiro atoms. The van der Waals surface area contributed by atoms with Crippen LogP contribution in [0.3, 0.4) is 0 Å². The second kappa shape index (κ2) is 7.85. The molecule has 0 radical (unpaired) electrons. The van der Waals surface area contributed by atoms with Crippen LogP contribution >= 0.6 is 0 Å². The Hall–Kier alpha value is -2.71. The number of anilines is 1. The first-order chi connectivity index (χ1) is 14.2. The maximum absolute atomic E-state index is 13.4. The number of halogens is 1. The summed E-state index contributed by atoms with van der Waals surface area (Å²) in [5.74, 6) is -0.111. The molecular formula is C22H23FN2O4S. The third kappa shape index (κ3) is 3.97. The van der Waals surface area contributed by atoms with Crippen LogP contribution in [0.5, 0.6) is 0 Å². The number of nitrogens with zero attached hydrogens (tertiary/aromatic N) is 2. The Bertz CT molecular complexity index is 1130. The van der Waals surface area contributed by atoms with Crippen molar-refractivity contribution in [3.8, 4) is 11.5 Å². The standard InChI is InChI=1S/C22H23FN2O4S/c1-14-4-6-17(7-5-14)20-24-21(30(26,27)19-10-8-18(23)9-11-19)22(29-20)25-12-15(2)28-16(3)13-25/h4-11,15-16H,12-13H2,1-3H3/t15-,16-/m1/s1. The zero-order chi connectivity index (χ0) is 21.5. The molecule has 30 heavy (non-hydrogen) atoms. The van der Waals surface area contributed by atoms with Gasteiger partial charge in [-0.15, -0.1) is 0 Å². The van der Waals surface area contributed by atoms with Crippen LogP contribution in [0.1, 0.15) is 19.4 Å². The van der Waals surface area contributed by atoms with E-state index < -0.39 is 15.7 Å². The van der Waals surface area contributed by atoms with Crippen molar-refractivity contribution in [2.75, 3.05) is 18.0 Å². The van der Waals surface area contributed by atoms with E-state index in [9.17, 15) is 12.8 Å². The summed E-state index contributed by atoms with van der Waals surface area (Å²) in [6.07, 6.45) is -0.189. The molecule has 0 unspecified atom stereocenters. The van der Waals surface area contributed by atoms with Crippen LogP contribution in [0.15, 0.2) is 62.9 Å². The van der Waals surface area contributed by atoms with E-state index in [4.69, 9.17) is 9.15 Å². The molecule has 2 aromatic carbocycles. The zero-order valence-electron chi connectivity index (χ0n) is 17.0. The fourth-order valence-electron chi connectivity index (χ4n) is 3.56. The van der Waals surface area contributed by atoms with E-state index in [1.54, 1.807) is 0 Å². The largest absolute Gasteiger partial charge is 0.419 e. The number of benzene rings is 2. The summed E-state index contributed by atoms with van der Waals surface area (Å²) >= 11 is 0. The van der Waals surface area contributed by atoms with Gasteiger partial charge in [0.05, 0.1) is 17.1 Å². The molecule has 0 aliphatic carbocycles. The van der Waals surface area contributed by atoms with Gasteiger partial charge in [-0.25, -0.2) is 12.8 Å². The molecule has 0 N–H and O–H groups in total. The highest BCUT2D eigenvalue weighted by atomic mass is 32.2. The van der Waals surface area contributed by atoms with E-state index in [0.717, 1.165) is 17.7 Å². The smallest absolute Gasteiger partial charge is 0.236 e. The van der Waals surface area contributed by atoms with Gasteiger partial charge in [-0.3, -0.25) is 0 Å². The molecule has 1 saturated heterocycles. The molecule has 0 saturated carbocycles. The predicted octanol–water partition coefficient (Wildman–Crippen LogP) is 4.24. The monoisotopic (exact) mass is 430 g/mol. The van der Waals surface area contributed by atoms with Crippen LogP contribution in [0.25, 0.3) is 11.5 Å². The van der Waals surface area contributed by atoms with Crippen molar-refractivity contribution < 1.29 is 22.0 Å². The van der Waals surface area contributed by atoms with Gasteiger partial charge in [-0.1, -0.05) is 17.7 Å². The molecule has 1 aliphatic rings. The van der Waals surface area contributed by atoms with E-state index in [2.05, 4.69) is 4.98 Å². The summed E-state index contributed by atoms with van der Waals surface area (Å²) in [6, 6.07) is 12.2. The number of hydrogen-bond acceptors (Lipinski definition) is 6. The lowest BCUT2D eigenvalue weighted by Gasteiger charge is -2.35. The predicted molar refractivity (Wildman–Crippen MR) is 111 cm³/mol. The summed E-state index contributed by atoms with van der Waals surface area (Å²) in [7, 11) is -4.02. The molecule has 3 aromatic rings. The molecule has 1 aliphatic heterocycles. The average molecular weight is 431 g/mol. The van der Waals surface area contributed by atoms with Crippen molar-refractivity contribution in [1.29, 1.82) is 0 Å². The molecule has 0 amide bonds. The van der Waals surface area contributed by atoms with Crippen LogP contribution in [0.4, 0.5) is 10.3 Å². The van der Waals surface area contributed by atoms with E-state index in [1.165, 1.54) is 12.1 Å². The molecule has 4 rings (SSSR count). The topological polar surface area (TPSA) is 72.6 Å². The Labute approximate surface area is 175 Å². The van der Waals surface area contributed by atoms with Crippen LogP contribution in [-0.2, 0) is 14.6 Å². The van der Waals surface area contributed by atoms with E-state index >= 15 is 0 Å². The SMILES string of the molecule is Cc1ccc(-c2nc(S(=O)(=O)c3ccc(F)cc3)c(N3C[C@@H](C)O[C@H](C)C3)o2)cc1. The minimum Gasteiger partial charge on any atom is -0.419 e. The third-order valence-corrected chi connectivity index (χ3v) is 6.63. The van der Waals surface area contributed by atoms with Gasteiger partial charge in [0, 0.05) is 18.7 Å². The quantitative estimate of drug-likeness (QED) is 0.577. The summed E-state index contributed by atoms with van der Waals surface area (Å²) in [5, 5.41) is -0.175. The van der Waals surface area contributed by atoms with Crippen molar-refractivity contribution in [3.63, 3.8) is 0 Å². The molecule has 1 aromatic heterocycles. The summed E-state index contributed by atoms with van der Waals surface area (Å²) in [5.41, 5.74) is 1.75. The number of sulfone groups is 1. The number of oxazole rings is 1. The number of hydrogen-bond donors (Lipinski definition) is 0. The molecule has 0 bridgehead atoms. The Morgan fingerprint density at radius 3 is 2.20 bits per heavy atom. The maximum Gasteiger partial charge on any atom is 0.236 e. The number of rotatable bonds is 4. The Balaban J connectivity index is 1.85. The Morgan fingerprint density at radius 2 is 1.60 bits per heavy atom. The second-order valence-corrected chi connectivity index (χ2v) is 9.48. The van der Waals surface area contributed by atoms with Crippen LogP contribution < -0.4 is 4.90 Å². The van der Waals surface area contributed by atoms with Crippen molar-refractivity contribution in [1.82, 2.24) is 4.98 Å². The molecule has 2 atom stereocenters. The van der Waals surface area contributed by atoms with Gasteiger partial charge >= 0.3 is 0 Å². The maximum atomic E-state index is 13.4. The number of aromatic nitrogens is 1. The van der Waals surface area contributed by atoms with Crippen molar-refractivity contribution in [3.05, 3.63) is 59.9 Å². The van der Waals surface area contributed by atoms with Crippen molar-refractivity contribution in [2.45, 2.75) is 42.9 Å². The van der Waals surface area contributed by atoms with Crippen LogP contribution in [0, 0.1) is 12.7 Å². The zero-order valence-corrected chi connectivity index (χ0v) is 17.8. The van der Waals surface area contributed by atoms with Gasteiger partial charge in [0.15, 0.2) is 0 Å². The number of ether oxygens (including phenoxy) is 1. The lowest BCUT2D eigenvalue weighted by molar-refractivity contribution is -0.00657. The van der Waals surface area contributed by atoms with Crippen LogP contribution in [0.2, 0.25) is 0 Å². The van der Waals surface area contributed by atoms with E-state index in [1.807, 2.05) is 49.9 Å². The van der Waals surface area contributed by atoms with E-state index in [0.29, 0.717) is 18.7 Å². The normalized spacial score (nSPS) is 19.8. The minimum absolute atomic E-state index is 0.0386. The fourth-order valence-corrected chi connectivity index (χ4v) is 4.88. The van der Waals surface area contributed by atoms with Crippen molar-refractivity contribution >= 4 is 15.7 Å². The molecule has 1 fully saturated rings. The van der Waals surface area contributed by atoms with Gasteiger partial charge < -0.3 is 14.1 Å². The molecule has 8 heteroatoms. The average Bonchev–Trinajstić information content (AvgIpc) is 3.14. The number of aryl methyl sites for hydroxylation is 1. The first kappa shape index (κ1) is 20.6. The summed E-state index contributed by atoms with van der Waals surface area (Å²) in [6.45, 7) is 6.76. The summed E-state index contributed by atoms with van der Waals surface area (Å²) in [4.78, 5) is 6.18. The molecular weight excluding hydrogens is 407 g/mol. The molecule has 6 nitrogen and oxygen atoms in total. The summed E-state index contributed by atoms with van der Waals surface area (Å²) < 4.78 is 51.9. The lowest BCUT2D eigenvalue weighted by Crippen LogP contribution is -2.45. The van der Waals surface area contributed by atoms with Gasteiger partial charge in [-0.2, -0.15) is 4.98 Å². The van der Waals surface area contributed by atoms with Gasteiger partial charge in [0.2, 0.25) is 26.6 Å². The third-order valence-electron chi connectivity index (χ3n) is 4.96. The minimum atomic E-state index is -4.02. The Kier molecular flexibility index (Phi) is 5.38. The highest BCUT2D eigenvalue weighted by Gasteiger charge is 2.34. The van der Waals surface area contributed by atoms with E-state index in [-0.39, 0.29) is 33.9 Å². The Morgan fingerprint density at radius 1 is 1.00 bits per heavy atom. The van der Waals surface area contributed by atoms with Gasteiger partial charge in [-0.05, 0) is 57.2 Å². The molecule has 158 valence electrons. The van der Waals surface area contributed by atoms with Crippen molar-refractivity contribution in [2.24, 2.45) is 0 Å². The second-order valence-electron chi connectivity index (χ2n) is 7.62. The first-order valence-electron chi connectivity index (χ1n) is 9.73. The lowest BCUT2D eigenvalue weighted by atomic mass is 10.1. The highest BCUT2D eigenvalue weighted by Crippen LogP contribution is 2.36. The fraction of sp³-hybridized carbons (Fsp3) is 0.318. The highest BCUT2D eigenvalue weighted by molar-refractivity contribution is 7.91. The molecule has 2 heterocycles. The first-order valence-corrected chi connectivity index (χ1v) is 11.2. The van der Waals surface area contributed by atoms with Crippen LogP contribution in [-0.4, -0.2) is 38.7 Å². The van der Waals surface area contributed by atoms with Gasteiger partial charge in [0.25, 0.3) is 0 Å².